The van der Waals surface area contributed by atoms with Gasteiger partial charge in [0.05, 0.1) is 23.1 Å². The Labute approximate surface area is 123 Å². The number of rotatable bonds is 4. The molecule has 1 aromatic carbocycles. The van der Waals surface area contributed by atoms with Gasteiger partial charge in [0.15, 0.2) is 0 Å². The summed E-state index contributed by atoms with van der Waals surface area (Å²) in [4.78, 5) is 26.6. The molecule has 0 amide bonds. The maximum absolute atomic E-state index is 13.8. The minimum atomic E-state index is -1.16. The Morgan fingerprint density at radius 3 is 2.76 bits per heavy atom. The summed E-state index contributed by atoms with van der Waals surface area (Å²) in [7, 11) is 1.23. The third kappa shape index (κ3) is 3.38. The van der Waals surface area contributed by atoms with Crippen molar-refractivity contribution in [1.29, 1.82) is 0 Å². The van der Waals surface area contributed by atoms with Crippen LogP contribution in [0.15, 0.2) is 46.5 Å². The van der Waals surface area contributed by atoms with E-state index in [0.717, 1.165) is 17.8 Å². The number of aromatic carboxylic acids is 1. The molecule has 0 radical (unpaired) electrons. The van der Waals surface area contributed by atoms with E-state index in [1.165, 1.54) is 31.5 Å². The molecule has 2 aromatic rings. The average Bonchev–Trinajstić information content (AvgIpc) is 2.49. The number of carbonyl (C=O) groups excluding carboxylic acids is 1. The van der Waals surface area contributed by atoms with Crippen LogP contribution in [-0.4, -0.2) is 29.1 Å². The number of esters is 1. The molecule has 0 spiro atoms. The van der Waals surface area contributed by atoms with Crippen molar-refractivity contribution in [2.75, 3.05) is 7.11 Å². The van der Waals surface area contributed by atoms with E-state index in [1.807, 2.05) is 0 Å². The molecule has 21 heavy (non-hydrogen) atoms. The minimum Gasteiger partial charge on any atom is -0.478 e. The van der Waals surface area contributed by atoms with Crippen molar-refractivity contribution in [3.8, 4) is 0 Å². The number of carboxylic acids is 1. The number of carboxylic acid groups (broad SMARTS) is 1. The number of halogens is 1. The Morgan fingerprint density at radius 2 is 2.10 bits per heavy atom. The second-order valence-electron chi connectivity index (χ2n) is 3.90. The molecule has 0 saturated carbocycles. The summed E-state index contributed by atoms with van der Waals surface area (Å²) in [5, 5.41) is 9.17. The van der Waals surface area contributed by atoms with Crippen molar-refractivity contribution in [3.05, 3.63) is 53.5 Å². The lowest BCUT2D eigenvalue weighted by atomic mass is 10.2. The Morgan fingerprint density at radius 1 is 1.33 bits per heavy atom. The number of aromatic nitrogens is 1. The Hall–Kier alpha value is -2.41. The predicted molar refractivity (Wildman–Crippen MR) is 73.1 cm³/mol. The summed E-state index contributed by atoms with van der Waals surface area (Å²) in [5.41, 5.74) is 0.138. The first kappa shape index (κ1) is 15.0. The van der Waals surface area contributed by atoms with Gasteiger partial charge in [-0.25, -0.2) is 19.0 Å². The van der Waals surface area contributed by atoms with Crippen LogP contribution in [0.2, 0.25) is 0 Å². The van der Waals surface area contributed by atoms with Crippen molar-refractivity contribution in [1.82, 2.24) is 4.98 Å². The highest BCUT2D eigenvalue weighted by atomic mass is 32.2. The molecule has 2 rings (SSSR count). The summed E-state index contributed by atoms with van der Waals surface area (Å²) in [6.45, 7) is 0. The van der Waals surface area contributed by atoms with Gasteiger partial charge in [0.1, 0.15) is 10.8 Å². The van der Waals surface area contributed by atoms with Gasteiger partial charge < -0.3 is 9.84 Å². The largest absolute Gasteiger partial charge is 0.478 e. The van der Waals surface area contributed by atoms with E-state index in [-0.39, 0.29) is 21.0 Å². The highest BCUT2D eigenvalue weighted by Crippen LogP contribution is 2.31. The van der Waals surface area contributed by atoms with Gasteiger partial charge in [-0.2, -0.15) is 0 Å². The lowest BCUT2D eigenvalue weighted by Crippen LogP contribution is -2.04. The highest BCUT2D eigenvalue weighted by molar-refractivity contribution is 7.99. The van der Waals surface area contributed by atoms with E-state index in [2.05, 4.69) is 9.72 Å². The van der Waals surface area contributed by atoms with Crippen LogP contribution in [0.3, 0.4) is 0 Å². The zero-order valence-electron chi connectivity index (χ0n) is 10.9. The van der Waals surface area contributed by atoms with Crippen LogP contribution in [0.5, 0.6) is 0 Å². The first-order valence-corrected chi connectivity index (χ1v) is 6.58. The predicted octanol–water partition coefficient (Wildman–Crippen LogP) is 2.86. The first-order valence-electron chi connectivity index (χ1n) is 5.77. The van der Waals surface area contributed by atoms with Crippen molar-refractivity contribution in [3.63, 3.8) is 0 Å². The van der Waals surface area contributed by atoms with E-state index in [1.54, 1.807) is 6.07 Å². The monoisotopic (exact) mass is 307 g/mol. The smallest absolute Gasteiger partial charge is 0.340 e. The quantitative estimate of drug-likeness (QED) is 0.875. The standard InChI is InChI=1S/C14H10FNO4S/c1-20-14(19)9-3-2-6-16-12(9)21-11-7-8(13(17)18)4-5-10(11)15/h2-7H,1H3,(H,17,18). The maximum Gasteiger partial charge on any atom is 0.340 e. The fourth-order valence-electron chi connectivity index (χ4n) is 1.56. The van der Waals surface area contributed by atoms with E-state index in [4.69, 9.17) is 5.11 Å². The second kappa shape index (κ2) is 6.36. The molecule has 0 aliphatic heterocycles. The molecule has 7 heteroatoms. The first-order chi connectivity index (χ1) is 10.0. The summed E-state index contributed by atoms with van der Waals surface area (Å²) in [5.74, 6) is -2.35. The molecule has 0 aliphatic carbocycles. The van der Waals surface area contributed by atoms with Gasteiger partial charge in [-0.3, -0.25) is 0 Å². The van der Waals surface area contributed by atoms with E-state index in [0.29, 0.717) is 0 Å². The summed E-state index contributed by atoms with van der Waals surface area (Å²) < 4.78 is 18.4. The third-order valence-corrected chi connectivity index (χ3v) is 3.61. The normalized spacial score (nSPS) is 10.2. The average molecular weight is 307 g/mol. The lowest BCUT2D eigenvalue weighted by molar-refractivity contribution is 0.0595. The number of hydrogen-bond acceptors (Lipinski definition) is 5. The molecule has 0 fully saturated rings. The van der Waals surface area contributed by atoms with Gasteiger partial charge in [0.2, 0.25) is 0 Å². The summed E-state index contributed by atoms with van der Waals surface area (Å²) in [6, 6.07) is 6.48. The molecule has 1 aromatic heterocycles. The number of methoxy groups -OCH3 is 1. The van der Waals surface area contributed by atoms with Crippen LogP contribution in [0, 0.1) is 5.82 Å². The van der Waals surface area contributed by atoms with Crippen molar-refractivity contribution < 1.29 is 23.8 Å². The molecule has 0 unspecified atom stereocenters. The Balaban J connectivity index is 2.41. The number of carbonyl (C=O) groups is 2. The van der Waals surface area contributed by atoms with Crippen molar-refractivity contribution in [2.45, 2.75) is 9.92 Å². The van der Waals surface area contributed by atoms with E-state index >= 15 is 0 Å². The lowest BCUT2D eigenvalue weighted by Gasteiger charge is -2.07. The van der Waals surface area contributed by atoms with Gasteiger partial charge in [-0.1, -0.05) is 11.8 Å². The van der Waals surface area contributed by atoms with Crippen LogP contribution in [0.1, 0.15) is 20.7 Å². The molecule has 0 saturated heterocycles. The fraction of sp³-hybridized carbons (Fsp3) is 0.0714. The summed E-state index contributed by atoms with van der Waals surface area (Å²) in [6.07, 6.45) is 1.45. The SMILES string of the molecule is COC(=O)c1cccnc1Sc1cc(C(=O)O)ccc1F. The number of hydrogen-bond donors (Lipinski definition) is 1. The van der Waals surface area contributed by atoms with Crippen molar-refractivity contribution in [2.24, 2.45) is 0 Å². The van der Waals surface area contributed by atoms with Crippen LogP contribution in [0.25, 0.3) is 0 Å². The number of nitrogens with zero attached hydrogens (tertiary/aromatic N) is 1. The van der Waals surface area contributed by atoms with Gasteiger partial charge in [-0.05, 0) is 30.3 Å². The van der Waals surface area contributed by atoms with Gasteiger partial charge in [0, 0.05) is 6.20 Å². The van der Waals surface area contributed by atoms with Gasteiger partial charge in [0.25, 0.3) is 0 Å². The van der Waals surface area contributed by atoms with Crippen LogP contribution in [-0.2, 0) is 4.74 Å². The third-order valence-electron chi connectivity index (χ3n) is 2.56. The zero-order valence-corrected chi connectivity index (χ0v) is 11.7. The van der Waals surface area contributed by atoms with Crippen molar-refractivity contribution >= 4 is 23.7 Å². The molecule has 1 N–H and O–H groups in total. The van der Waals surface area contributed by atoms with Crippen LogP contribution in [0.4, 0.5) is 4.39 Å². The molecule has 0 aliphatic rings. The molecule has 108 valence electrons. The van der Waals surface area contributed by atoms with Crippen LogP contribution < -0.4 is 0 Å². The molecule has 5 nitrogen and oxygen atoms in total. The molecule has 0 bridgehead atoms. The van der Waals surface area contributed by atoms with E-state index in [9.17, 15) is 14.0 Å². The Kier molecular flexibility index (Phi) is 4.54. The zero-order chi connectivity index (χ0) is 15.4. The number of ether oxygens (including phenoxy) is 1. The highest BCUT2D eigenvalue weighted by Gasteiger charge is 2.16. The second-order valence-corrected chi connectivity index (χ2v) is 4.93. The number of benzene rings is 1. The van der Waals surface area contributed by atoms with Gasteiger partial charge >= 0.3 is 11.9 Å². The topological polar surface area (TPSA) is 76.5 Å². The summed E-state index contributed by atoms with van der Waals surface area (Å²) >= 11 is 0.866. The molecular weight excluding hydrogens is 297 g/mol. The van der Waals surface area contributed by atoms with Crippen LogP contribution >= 0.6 is 11.8 Å². The van der Waals surface area contributed by atoms with Gasteiger partial charge in [-0.15, -0.1) is 0 Å². The minimum absolute atomic E-state index is 0.0468. The van der Waals surface area contributed by atoms with E-state index < -0.39 is 17.8 Å². The maximum atomic E-state index is 13.8. The molecular formula is C14H10FNO4S. The molecule has 0 atom stereocenters. The number of pyridine rings is 1. The molecule has 1 heterocycles. The Bertz CT molecular complexity index is 705. The fourth-order valence-corrected chi connectivity index (χ4v) is 2.49.